The number of fused-ring (bicyclic) bond motifs is 5. The number of carbonyl (C=O) groups excluding carboxylic acids is 1. The molecule has 3 heteroatoms. The summed E-state index contributed by atoms with van der Waals surface area (Å²) in [6, 6.07) is 4.02. The molecule has 0 aromatic rings. The number of hydrogen-bond acceptors (Lipinski definition) is 3. The molecule has 0 radical (unpaired) electrons. The van der Waals surface area contributed by atoms with Gasteiger partial charge < -0.3 is 10.1 Å². The van der Waals surface area contributed by atoms with Crippen molar-refractivity contribution in [2.45, 2.75) is 125 Å². The van der Waals surface area contributed by atoms with Gasteiger partial charge in [0.1, 0.15) is 6.29 Å². The van der Waals surface area contributed by atoms with Crippen molar-refractivity contribution < 1.29 is 4.79 Å². The smallest absolute Gasteiger partial charge is 0.119 e. The number of nitriles is 1. The molecule has 4 aliphatic carbocycles. The van der Waals surface area contributed by atoms with Gasteiger partial charge >= 0.3 is 0 Å². The van der Waals surface area contributed by atoms with Gasteiger partial charge in [0.05, 0.1) is 6.07 Å². The normalized spacial score (nSPS) is 39.9. The van der Waals surface area contributed by atoms with Crippen LogP contribution >= 0.6 is 0 Å². The molecule has 4 aliphatic rings. The second-order valence-corrected chi connectivity index (χ2v) is 11.5. The number of rotatable bonds is 6. The minimum Gasteiger partial charge on any atom is -0.312 e. The molecule has 34 heavy (non-hydrogen) atoms. The van der Waals surface area contributed by atoms with Crippen LogP contribution in [-0.4, -0.2) is 18.4 Å². The Hall–Kier alpha value is -1.14. The summed E-state index contributed by atoms with van der Waals surface area (Å²) in [5.41, 5.74) is 0.452. The van der Waals surface area contributed by atoms with E-state index in [0.29, 0.717) is 23.4 Å². The van der Waals surface area contributed by atoms with Crippen LogP contribution in [0.1, 0.15) is 113 Å². The van der Waals surface area contributed by atoms with Crippen molar-refractivity contribution in [3.05, 3.63) is 13.2 Å². The Kier molecular flexibility index (Phi) is 13.1. The fourth-order valence-corrected chi connectivity index (χ4v) is 8.64. The molecule has 196 valence electrons. The Bertz CT molecular complexity index is 640. The van der Waals surface area contributed by atoms with Crippen molar-refractivity contribution in [3.63, 3.8) is 0 Å². The highest BCUT2D eigenvalue weighted by molar-refractivity contribution is 5.48. The summed E-state index contributed by atoms with van der Waals surface area (Å²) in [6.07, 6.45) is 14.6. The molecule has 0 heterocycles. The van der Waals surface area contributed by atoms with Crippen molar-refractivity contribution in [2.75, 3.05) is 0 Å². The molecule has 9 unspecified atom stereocenters. The molecule has 0 aromatic carbocycles. The molecule has 0 aliphatic heterocycles. The van der Waals surface area contributed by atoms with Crippen molar-refractivity contribution >= 4 is 6.29 Å². The van der Waals surface area contributed by atoms with Crippen LogP contribution in [-0.2, 0) is 4.79 Å². The van der Waals surface area contributed by atoms with Crippen LogP contribution in [0.5, 0.6) is 0 Å². The van der Waals surface area contributed by atoms with E-state index in [1.54, 1.807) is 0 Å². The van der Waals surface area contributed by atoms with Gasteiger partial charge in [0.2, 0.25) is 0 Å². The lowest BCUT2D eigenvalue weighted by molar-refractivity contribution is -0.110. The van der Waals surface area contributed by atoms with E-state index >= 15 is 0 Å². The summed E-state index contributed by atoms with van der Waals surface area (Å²) in [4.78, 5) is 10.7. The Morgan fingerprint density at radius 1 is 1.09 bits per heavy atom. The summed E-state index contributed by atoms with van der Waals surface area (Å²) in [5.74, 6) is 4.84. The van der Waals surface area contributed by atoms with Crippen LogP contribution in [0.15, 0.2) is 13.2 Å². The van der Waals surface area contributed by atoms with Gasteiger partial charge in [-0.3, -0.25) is 0 Å². The largest absolute Gasteiger partial charge is 0.312 e. The van der Waals surface area contributed by atoms with E-state index in [4.69, 9.17) is 0 Å². The molecule has 4 rings (SSSR count). The van der Waals surface area contributed by atoms with Crippen LogP contribution in [0.4, 0.5) is 0 Å². The van der Waals surface area contributed by atoms with Crippen molar-refractivity contribution in [1.82, 2.24) is 5.32 Å². The second-order valence-electron chi connectivity index (χ2n) is 11.5. The maximum absolute atomic E-state index is 10.7. The Balaban J connectivity index is 0.00000110. The Morgan fingerprint density at radius 2 is 1.76 bits per heavy atom. The third-order valence-electron chi connectivity index (χ3n) is 9.81. The van der Waals surface area contributed by atoms with Gasteiger partial charge in [-0.15, -0.1) is 13.2 Å². The summed E-state index contributed by atoms with van der Waals surface area (Å²) in [7, 11) is 0. The minimum atomic E-state index is 0. The number of unbranched alkanes of at least 4 members (excludes halogenated alkanes) is 1. The first-order valence-corrected chi connectivity index (χ1v) is 14.1. The first-order valence-electron chi connectivity index (χ1n) is 14.1. The zero-order chi connectivity index (χ0) is 24.6. The highest BCUT2D eigenvalue weighted by Crippen LogP contribution is 2.65. The van der Waals surface area contributed by atoms with Gasteiger partial charge in [0, 0.05) is 24.4 Å². The molecule has 0 spiro atoms. The van der Waals surface area contributed by atoms with Gasteiger partial charge in [-0.1, -0.05) is 42.0 Å². The number of nitrogens with zero attached hydrogens (tertiary/aromatic N) is 1. The summed E-state index contributed by atoms with van der Waals surface area (Å²) >= 11 is 0. The molecule has 4 saturated carbocycles. The van der Waals surface area contributed by atoms with Gasteiger partial charge in [-0.2, -0.15) is 5.26 Å². The Morgan fingerprint density at radius 3 is 2.38 bits per heavy atom. The zero-order valence-electron chi connectivity index (χ0n) is 22.3. The van der Waals surface area contributed by atoms with E-state index in [2.05, 4.69) is 45.3 Å². The highest BCUT2D eigenvalue weighted by atomic mass is 16.1. The van der Waals surface area contributed by atoms with E-state index in [0.717, 1.165) is 55.1 Å². The minimum absolute atomic E-state index is 0. The van der Waals surface area contributed by atoms with Crippen molar-refractivity contribution in [1.29, 1.82) is 5.26 Å². The maximum atomic E-state index is 10.7. The number of hydrogen-bond donors (Lipinski definition) is 1. The van der Waals surface area contributed by atoms with Crippen molar-refractivity contribution in [3.8, 4) is 6.07 Å². The Labute approximate surface area is 212 Å². The number of nitrogens with one attached hydrogen (secondary N) is 1. The third kappa shape index (κ3) is 6.34. The van der Waals surface area contributed by atoms with E-state index in [1.165, 1.54) is 51.4 Å². The fraction of sp³-hybridized carbons (Fsp3) is 0.871. The van der Waals surface area contributed by atoms with E-state index in [-0.39, 0.29) is 13.3 Å². The van der Waals surface area contributed by atoms with Crippen LogP contribution in [0, 0.1) is 58.2 Å². The van der Waals surface area contributed by atoms with E-state index < -0.39 is 0 Å². The molecule has 1 N–H and O–H groups in total. The van der Waals surface area contributed by atoms with Gasteiger partial charge in [-0.05, 0) is 105 Å². The second kappa shape index (κ2) is 14.4. The average Bonchev–Trinajstić information content (AvgIpc) is 3.24. The summed E-state index contributed by atoms with van der Waals surface area (Å²) < 4.78 is 0. The molecular weight excluding hydrogens is 416 g/mol. The SMILES string of the molecule is C.C=C.CC.CC(C)NC1CCC2(C)C(C1)CC(C#N)C1C3CCC(CCCC=O)C3CCC12. The average molecular weight is 473 g/mol. The standard InChI is InChI=1S/C26H42N2O.C2H6.C2H4.CH4/c1-17(2)28-21-11-12-26(3)20(15-21)14-19(16-27)25-23-8-7-18(6-4-5-13-29)22(23)9-10-24(25)26;2*1-2;/h13,17-25,28H,4-12,14-15H2,1-3H3;1-2H3;1-2H2;1H4. The number of carbonyl (C=O) groups is 1. The monoisotopic (exact) mass is 472 g/mol. The summed E-state index contributed by atoms with van der Waals surface area (Å²) in [5, 5.41) is 14.0. The van der Waals surface area contributed by atoms with Crippen LogP contribution in [0.25, 0.3) is 0 Å². The fourth-order valence-electron chi connectivity index (χ4n) is 8.64. The molecule has 0 amide bonds. The molecule has 0 bridgehead atoms. The lowest BCUT2D eigenvalue weighted by Crippen LogP contribution is -2.56. The first-order chi connectivity index (χ1) is 16.0. The zero-order valence-corrected chi connectivity index (χ0v) is 22.3. The quantitative estimate of drug-likeness (QED) is 0.241. The molecule has 0 aromatic heterocycles. The third-order valence-corrected chi connectivity index (χ3v) is 9.81. The summed E-state index contributed by atoms with van der Waals surface area (Å²) in [6.45, 7) is 17.1. The lowest BCUT2D eigenvalue weighted by atomic mass is 9.44. The molecule has 4 fully saturated rings. The van der Waals surface area contributed by atoms with Crippen molar-refractivity contribution in [2.24, 2.45) is 46.8 Å². The predicted molar refractivity (Wildman–Crippen MR) is 146 cm³/mol. The van der Waals surface area contributed by atoms with E-state index in [1.807, 2.05) is 13.8 Å². The number of aldehydes is 1. The van der Waals surface area contributed by atoms with E-state index in [9.17, 15) is 10.1 Å². The van der Waals surface area contributed by atoms with Gasteiger partial charge in [0.25, 0.3) is 0 Å². The van der Waals surface area contributed by atoms with Crippen LogP contribution in [0.3, 0.4) is 0 Å². The van der Waals surface area contributed by atoms with Crippen LogP contribution in [0.2, 0.25) is 0 Å². The highest BCUT2D eigenvalue weighted by Gasteiger charge is 2.59. The maximum Gasteiger partial charge on any atom is 0.119 e. The molecule has 0 saturated heterocycles. The predicted octanol–water partition coefficient (Wildman–Crippen LogP) is 8.21. The lowest BCUT2D eigenvalue weighted by Gasteiger charge is -2.60. The molecule has 9 atom stereocenters. The first kappa shape index (κ1) is 30.9. The van der Waals surface area contributed by atoms with Gasteiger partial charge in [0.15, 0.2) is 0 Å². The van der Waals surface area contributed by atoms with Gasteiger partial charge in [-0.25, -0.2) is 0 Å². The molecule has 3 nitrogen and oxygen atoms in total. The topological polar surface area (TPSA) is 52.9 Å². The van der Waals surface area contributed by atoms with Crippen LogP contribution < -0.4 is 5.32 Å². The molecular formula is C31H56N2O.